The van der Waals surface area contributed by atoms with Crippen molar-refractivity contribution >= 4 is 0 Å². The molecule has 0 radical (unpaired) electrons. The number of rotatable bonds is 10. The van der Waals surface area contributed by atoms with Gasteiger partial charge in [-0.15, -0.1) is 0 Å². The third-order valence-electron chi connectivity index (χ3n) is 3.81. The van der Waals surface area contributed by atoms with Gasteiger partial charge in [0.05, 0.1) is 6.10 Å². The highest BCUT2D eigenvalue weighted by Crippen LogP contribution is 2.13. The highest BCUT2D eigenvalue weighted by molar-refractivity contribution is 4.70. The second-order valence-electron chi connectivity index (χ2n) is 5.60. The summed E-state index contributed by atoms with van der Waals surface area (Å²) < 4.78 is 5.67. The van der Waals surface area contributed by atoms with E-state index in [2.05, 4.69) is 31.1 Å². The van der Waals surface area contributed by atoms with Crippen molar-refractivity contribution in [2.24, 2.45) is 0 Å². The summed E-state index contributed by atoms with van der Waals surface area (Å²) in [7, 11) is 2.22. The van der Waals surface area contributed by atoms with Crippen LogP contribution in [0.25, 0.3) is 0 Å². The molecular weight excluding hydrogens is 224 g/mol. The quantitative estimate of drug-likeness (QED) is 0.650. The molecule has 1 rings (SSSR count). The van der Waals surface area contributed by atoms with Crippen LogP contribution in [0.1, 0.15) is 52.4 Å². The molecule has 2 atom stereocenters. The van der Waals surface area contributed by atoms with Gasteiger partial charge in [-0.25, -0.2) is 0 Å². The van der Waals surface area contributed by atoms with E-state index in [0.717, 1.165) is 19.7 Å². The van der Waals surface area contributed by atoms with Crippen molar-refractivity contribution in [3.8, 4) is 0 Å². The van der Waals surface area contributed by atoms with Gasteiger partial charge in [0.1, 0.15) is 0 Å². The Balaban J connectivity index is 2.03. The summed E-state index contributed by atoms with van der Waals surface area (Å²) in [6, 6.07) is 0.709. The lowest BCUT2D eigenvalue weighted by Gasteiger charge is -2.22. The number of hydrogen-bond acceptors (Lipinski definition) is 3. The Bertz CT molecular complexity index is 193. The zero-order valence-corrected chi connectivity index (χ0v) is 12.6. The van der Waals surface area contributed by atoms with Gasteiger partial charge in [0.2, 0.25) is 0 Å². The van der Waals surface area contributed by atoms with Gasteiger partial charge in [-0.2, -0.15) is 0 Å². The number of hydrogen-bond donors (Lipinski definition) is 1. The fraction of sp³-hybridized carbons (Fsp3) is 1.00. The number of ether oxygens (including phenoxy) is 1. The first-order chi connectivity index (χ1) is 8.76. The molecule has 18 heavy (non-hydrogen) atoms. The normalized spacial score (nSPS) is 21.7. The highest BCUT2D eigenvalue weighted by atomic mass is 16.5. The summed E-state index contributed by atoms with van der Waals surface area (Å²) in [5.41, 5.74) is 0. The minimum Gasteiger partial charge on any atom is -0.377 e. The van der Waals surface area contributed by atoms with Gasteiger partial charge in [0.15, 0.2) is 0 Å². The Labute approximate surface area is 113 Å². The molecule has 1 aliphatic heterocycles. The summed E-state index contributed by atoms with van der Waals surface area (Å²) in [5, 5.41) is 3.62. The lowest BCUT2D eigenvalue weighted by Crippen LogP contribution is -2.32. The number of likely N-dealkylation sites (N-methyl/N-ethyl adjacent to an activating group) is 1. The Hall–Kier alpha value is -0.120. The van der Waals surface area contributed by atoms with Crippen molar-refractivity contribution in [2.45, 2.75) is 64.5 Å². The van der Waals surface area contributed by atoms with Gasteiger partial charge in [-0.1, -0.05) is 13.8 Å². The summed E-state index contributed by atoms with van der Waals surface area (Å²) in [6.07, 6.45) is 8.06. The van der Waals surface area contributed by atoms with E-state index in [4.69, 9.17) is 4.74 Å². The van der Waals surface area contributed by atoms with Crippen molar-refractivity contribution < 1.29 is 4.74 Å². The van der Waals surface area contributed by atoms with E-state index >= 15 is 0 Å². The molecule has 1 fully saturated rings. The van der Waals surface area contributed by atoms with E-state index in [1.807, 2.05) is 0 Å². The van der Waals surface area contributed by atoms with E-state index in [0.29, 0.717) is 12.1 Å². The standard InChI is InChI=1S/C15H32N2O/c1-4-10-16-14(5-2)8-6-11-17(3)13-15-9-7-12-18-15/h14-16H,4-13H2,1-3H3. The smallest absolute Gasteiger partial charge is 0.0702 e. The second-order valence-corrected chi connectivity index (χ2v) is 5.60. The van der Waals surface area contributed by atoms with Crippen LogP contribution >= 0.6 is 0 Å². The molecule has 3 nitrogen and oxygen atoms in total. The molecule has 0 aliphatic carbocycles. The predicted octanol–water partition coefficient (Wildman–Crippen LogP) is 2.66. The van der Waals surface area contributed by atoms with Crippen LogP contribution in [0.3, 0.4) is 0 Å². The van der Waals surface area contributed by atoms with Crippen LogP contribution in [0.2, 0.25) is 0 Å². The molecule has 2 unspecified atom stereocenters. The van der Waals surface area contributed by atoms with Crippen molar-refractivity contribution in [1.82, 2.24) is 10.2 Å². The SMILES string of the molecule is CCCNC(CC)CCCN(C)CC1CCCO1. The molecule has 108 valence electrons. The van der Waals surface area contributed by atoms with E-state index in [1.165, 1.54) is 45.1 Å². The van der Waals surface area contributed by atoms with Crippen LogP contribution in [-0.2, 0) is 4.74 Å². The summed E-state index contributed by atoms with van der Waals surface area (Å²) >= 11 is 0. The van der Waals surface area contributed by atoms with E-state index in [-0.39, 0.29) is 0 Å². The average molecular weight is 256 g/mol. The molecule has 0 spiro atoms. The third kappa shape index (κ3) is 6.72. The van der Waals surface area contributed by atoms with Crippen molar-refractivity contribution in [3.05, 3.63) is 0 Å². The van der Waals surface area contributed by atoms with Crippen LogP contribution in [0.15, 0.2) is 0 Å². The van der Waals surface area contributed by atoms with Crippen LogP contribution in [0.4, 0.5) is 0 Å². The Morgan fingerprint density at radius 2 is 2.22 bits per heavy atom. The molecule has 0 aromatic carbocycles. The topological polar surface area (TPSA) is 24.5 Å². The maximum atomic E-state index is 5.67. The first-order valence-corrected chi connectivity index (χ1v) is 7.79. The second kappa shape index (κ2) is 9.76. The van der Waals surface area contributed by atoms with Gasteiger partial charge in [0.25, 0.3) is 0 Å². The van der Waals surface area contributed by atoms with E-state index in [9.17, 15) is 0 Å². The van der Waals surface area contributed by atoms with Gasteiger partial charge < -0.3 is 15.0 Å². The first-order valence-electron chi connectivity index (χ1n) is 7.79. The van der Waals surface area contributed by atoms with Gasteiger partial charge in [-0.05, 0) is 58.7 Å². The molecule has 3 heteroatoms. The molecule has 0 bridgehead atoms. The monoisotopic (exact) mass is 256 g/mol. The molecule has 0 saturated carbocycles. The zero-order chi connectivity index (χ0) is 13.2. The maximum absolute atomic E-state index is 5.67. The lowest BCUT2D eigenvalue weighted by molar-refractivity contribution is 0.0805. The summed E-state index contributed by atoms with van der Waals surface area (Å²) in [6.45, 7) is 8.95. The van der Waals surface area contributed by atoms with Crippen molar-refractivity contribution in [2.75, 3.05) is 33.3 Å². The predicted molar refractivity (Wildman–Crippen MR) is 78.1 cm³/mol. The lowest BCUT2D eigenvalue weighted by atomic mass is 10.1. The molecule has 1 saturated heterocycles. The van der Waals surface area contributed by atoms with E-state index in [1.54, 1.807) is 0 Å². The van der Waals surface area contributed by atoms with Crippen LogP contribution < -0.4 is 5.32 Å². The van der Waals surface area contributed by atoms with Gasteiger partial charge in [-0.3, -0.25) is 0 Å². The fourth-order valence-electron chi connectivity index (χ4n) is 2.63. The fourth-order valence-corrected chi connectivity index (χ4v) is 2.63. The molecule has 1 aliphatic rings. The Morgan fingerprint density at radius 3 is 2.83 bits per heavy atom. The third-order valence-corrected chi connectivity index (χ3v) is 3.81. The van der Waals surface area contributed by atoms with Crippen LogP contribution in [0, 0.1) is 0 Å². The van der Waals surface area contributed by atoms with E-state index < -0.39 is 0 Å². The molecule has 1 N–H and O–H groups in total. The minimum absolute atomic E-state index is 0.496. The Morgan fingerprint density at radius 1 is 1.39 bits per heavy atom. The molecule has 1 heterocycles. The molecule has 0 aromatic rings. The Kier molecular flexibility index (Phi) is 8.64. The highest BCUT2D eigenvalue weighted by Gasteiger charge is 2.17. The van der Waals surface area contributed by atoms with Gasteiger partial charge >= 0.3 is 0 Å². The maximum Gasteiger partial charge on any atom is 0.0702 e. The summed E-state index contributed by atoms with van der Waals surface area (Å²) in [4.78, 5) is 2.43. The van der Waals surface area contributed by atoms with Crippen LogP contribution in [-0.4, -0.2) is 50.3 Å². The molecule has 0 aromatic heterocycles. The zero-order valence-electron chi connectivity index (χ0n) is 12.6. The van der Waals surface area contributed by atoms with Gasteiger partial charge in [0, 0.05) is 19.2 Å². The molecule has 0 amide bonds. The number of nitrogens with zero attached hydrogens (tertiary/aromatic N) is 1. The number of nitrogens with one attached hydrogen (secondary N) is 1. The summed E-state index contributed by atoms with van der Waals surface area (Å²) in [5.74, 6) is 0. The minimum atomic E-state index is 0.496. The first kappa shape index (κ1) is 15.9. The molecular formula is C15H32N2O. The van der Waals surface area contributed by atoms with Crippen LogP contribution in [0.5, 0.6) is 0 Å². The van der Waals surface area contributed by atoms with Crippen molar-refractivity contribution in [1.29, 1.82) is 0 Å². The largest absolute Gasteiger partial charge is 0.377 e. The average Bonchev–Trinajstić information content (AvgIpc) is 2.86. The van der Waals surface area contributed by atoms with Crippen molar-refractivity contribution in [3.63, 3.8) is 0 Å².